The second kappa shape index (κ2) is 57.7. The third kappa shape index (κ3) is 38.7. The first-order valence-electron chi connectivity index (χ1n) is 46.0. The van der Waals surface area contributed by atoms with Crippen molar-refractivity contribution in [2.75, 3.05) is 45.9 Å². The highest BCUT2D eigenvalue weighted by Crippen LogP contribution is 2.24. The summed E-state index contributed by atoms with van der Waals surface area (Å²) in [6, 6.07) is -0.181. The standard InChI is InChI=1S/C90H137N31O19/c1-46(2)35-65(76(129)108-44-71(123)111-66(36-47(3)4)81(134)110-48(5)73(126)116-64(86(139)140)29-18-34-104-90(99)100)118-79(132)60(25-13-14-30-91)115-85(138)70(45-122)121-74(127)49(6)109-77(130)61(26-15-31-101-87(93)94)113-82(135)68(39-52-43-107-59-24-12-9-21-55(52)59)119-80(133)63(28-17-33-103-89(97)98)112-78(131)62(27-16-32-102-88(95)96)114-84(137)69(40-72(124)125)120-83(136)67(38-51-42-106-58-23-11-8-20-54(51)58)117-75(128)56(92)37-50-41-105-57-22-10-7-19-53(50)57/h7-12,19-24,41-43,46-49,56,60-70,105-107,122H,13-18,25-40,44-45,91-92H2,1-6H3,(H,108,129)(H,109,130)(H,110,134)(H,111,123)(H,112,131)(H,113,135)(H,114,137)(H,115,138)(H,116,126)(H,117,128)(H,118,132)(H,119,133)(H,120,136)(H,121,127)(H,124,125)(H,139,140)(H4,93,94,101)(H4,95,96,102)(H4,97,98,103)(H4,99,100,104). The number of para-hydroxylation sites is 3. The number of carbonyl (C=O) groups is 16. The Bertz CT molecular complexity index is 5340. The van der Waals surface area contributed by atoms with Crippen molar-refractivity contribution in [3.63, 3.8) is 0 Å². The fourth-order valence-corrected chi connectivity index (χ4v) is 15.0. The Morgan fingerprint density at radius 2 is 0.636 bits per heavy atom. The van der Waals surface area contributed by atoms with E-state index in [1.54, 1.807) is 94.8 Å². The highest BCUT2D eigenvalue weighted by Gasteiger charge is 2.39. The van der Waals surface area contributed by atoms with E-state index >= 15 is 14.4 Å². The quantitative estimate of drug-likeness (QED) is 0.00960. The highest BCUT2D eigenvalue weighted by molar-refractivity contribution is 6.02. The number of aliphatic imine (C=N–C) groups is 4. The molecule has 50 nitrogen and oxygen atoms in total. The number of aliphatic hydroxyl groups excluding tert-OH is 1. The van der Waals surface area contributed by atoms with Crippen LogP contribution < -0.4 is 132 Å². The lowest BCUT2D eigenvalue weighted by Crippen LogP contribution is -2.61. The average Bonchev–Trinajstić information content (AvgIpc) is 1.67. The van der Waals surface area contributed by atoms with Gasteiger partial charge < -0.3 is 162 Å². The number of aliphatic carboxylic acids is 2. The van der Waals surface area contributed by atoms with Gasteiger partial charge in [-0.05, 0) is 157 Å². The average molecular weight is 1960 g/mol. The van der Waals surface area contributed by atoms with Crippen LogP contribution in [-0.4, -0.2) is 279 Å². The second-order valence-corrected chi connectivity index (χ2v) is 34.7. The van der Waals surface area contributed by atoms with Crippen molar-refractivity contribution in [1.82, 2.24) is 89.4 Å². The second-order valence-electron chi connectivity index (χ2n) is 34.7. The molecule has 766 valence electrons. The smallest absolute Gasteiger partial charge is 0.326 e. The van der Waals surface area contributed by atoms with Gasteiger partial charge in [-0.25, -0.2) is 4.79 Å². The summed E-state index contributed by atoms with van der Waals surface area (Å²) in [6.07, 6.45) is 2.94. The maximum atomic E-state index is 15.3. The number of carbonyl (C=O) groups excluding carboxylic acids is 14. The Morgan fingerprint density at radius 1 is 0.336 bits per heavy atom. The van der Waals surface area contributed by atoms with Crippen LogP contribution in [0.3, 0.4) is 0 Å². The van der Waals surface area contributed by atoms with Gasteiger partial charge in [0, 0.05) is 90.3 Å². The molecule has 3 aromatic carbocycles. The fourth-order valence-electron chi connectivity index (χ4n) is 15.0. The third-order valence-electron chi connectivity index (χ3n) is 22.2. The highest BCUT2D eigenvalue weighted by atomic mass is 16.4. The number of H-pyrrole nitrogens is 3. The normalized spacial score (nSPS) is 14.2. The minimum Gasteiger partial charge on any atom is -0.481 e. The minimum atomic E-state index is -1.97. The van der Waals surface area contributed by atoms with Crippen LogP contribution in [0.2, 0.25) is 0 Å². The first-order chi connectivity index (χ1) is 66.4. The molecule has 14 unspecified atom stereocenters. The van der Waals surface area contributed by atoms with Gasteiger partial charge in [0.05, 0.1) is 25.6 Å². The van der Waals surface area contributed by atoms with Gasteiger partial charge in [-0.2, -0.15) is 0 Å². The van der Waals surface area contributed by atoms with Crippen molar-refractivity contribution in [3.8, 4) is 0 Å². The van der Waals surface area contributed by atoms with Crippen molar-refractivity contribution in [2.24, 2.45) is 89.1 Å². The number of amides is 14. The lowest BCUT2D eigenvalue weighted by atomic mass is 10.0. The number of fused-ring (bicyclic) bond motifs is 3. The largest absolute Gasteiger partial charge is 0.481 e. The van der Waals surface area contributed by atoms with Crippen molar-refractivity contribution < 1.29 is 92.0 Å². The molecule has 14 amide bonds. The zero-order valence-electron chi connectivity index (χ0n) is 79.3. The molecular weight excluding hydrogens is 1820 g/mol. The summed E-state index contributed by atoms with van der Waals surface area (Å²) < 4.78 is 0. The molecule has 40 N–H and O–H groups in total. The zero-order valence-corrected chi connectivity index (χ0v) is 79.3. The van der Waals surface area contributed by atoms with Crippen LogP contribution in [0, 0.1) is 11.8 Å². The summed E-state index contributed by atoms with van der Waals surface area (Å²) in [5.74, 6) is -18.3. The summed E-state index contributed by atoms with van der Waals surface area (Å²) in [6.45, 7) is 7.56. The number of nitrogens with one attached hydrogen (secondary N) is 17. The number of carboxylic acid groups (broad SMARTS) is 2. The Balaban J connectivity index is 1.21. The zero-order chi connectivity index (χ0) is 103. The van der Waals surface area contributed by atoms with E-state index in [1.807, 2.05) is 24.3 Å². The summed E-state index contributed by atoms with van der Waals surface area (Å²) in [5, 5.41) is 68.4. The Labute approximate surface area is 807 Å². The van der Waals surface area contributed by atoms with Crippen LogP contribution in [0.1, 0.15) is 148 Å². The topological polar surface area (TPSA) is 859 Å². The lowest BCUT2D eigenvalue weighted by molar-refractivity contribution is -0.142. The number of aliphatic hydroxyl groups is 1. The number of carboxylic acids is 2. The molecule has 6 rings (SSSR count). The van der Waals surface area contributed by atoms with Gasteiger partial charge >= 0.3 is 11.9 Å². The molecule has 0 aliphatic rings. The number of unbranched alkanes of at least 4 members (excludes halogenated alkanes) is 1. The molecule has 0 saturated carbocycles. The van der Waals surface area contributed by atoms with Gasteiger partial charge in [-0.3, -0.25) is 91.9 Å². The Morgan fingerprint density at radius 3 is 1.01 bits per heavy atom. The van der Waals surface area contributed by atoms with Gasteiger partial charge in [0.15, 0.2) is 23.8 Å². The Kier molecular flexibility index (Phi) is 46.8. The molecule has 0 aliphatic carbocycles. The number of hydrogen-bond donors (Lipinski definition) is 30. The number of nitrogens with two attached hydrogens (primary N) is 10. The van der Waals surface area contributed by atoms with E-state index in [0.717, 1.165) is 10.9 Å². The van der Waals surface area contributed by atoms with E-state index in [9.17, 15) is 77.6 Å². The van der Waals surface area contributed by atoms with Crippen LogP contribution in [0.25, 0.3) is 32.7 Å². The maximum absolute atomic E-state index is 15.3. The molecular formula is C90H137N31O19. The number of rotatable bonds is 62. The van der Waals surface area contributed by atoms with Crippen LogP contribution in [0.4, 0.5) is 0 Å². The summed E-state index contributed by atoms with van der Waals surface area (Å²) >= 11 is 0. The number of benzene rings is 3. The monoisotopic (exact) mass is 1960 g/mol. The predicted octanol–water partition coefficient (Wildman–Crippen LogP) is -6.07. The molecule has 0 spiro atoms. The molecule has 14 atom stereocenters. The van der Waals surface area contributed by atoms with Gasteiger partial charge in [0.2, 0.25) is 82.7 Å². The van der Waals surface area contributed by atoms with Crippen molar-refractivity contribution >= 4 is 151 Å². The Hall–Kier alpha value is -15.2. The predicted molar refractivity (Wildman–Crippen MR) is 522 cm³/mol. The molecule has 0 aliphatic heterocycles. The molecule has 6 aromatic rings. The van der Waals surface area contributed by atoms with Gasteiger partial charge in [0.25, 0.3) is 0 Å². The maximum Gasteiger partial charge on any atom is 0.326 e. The SMILES string of the molecule is CC(C)CC(NC(=O)CNC(=O)C(CC(C)C)NC(=O)C(CCCCN)NC(=O)C(CO)NC(=O)C(C)NC(=O)C(CCCN=C(N)N)NC(=O)C(Cc1c[nH]c2ccccc12)NC(=O)C(CCCN=C(N)N)NC(=O)C(CCCN=C(N)N)NC(=O)C(CC(=O)O)NC(=O)C(Cc1c[nH]c2ccccc12)NC(=O)C(N)Cc1c[nH]c2ccccc12)C(=O)NC(C)C(=O)NC(CCCN=C(N)N)C(=O)O. The first kappa shape index (κ1) is 113. The van der Waals surface area contributed by atoms with E-state index in [1.165, 1.54) is 13.8 Å². The van der Waals surface area contributed by atoms with Crippen molar-refractivity contribution in [2.45, 2.75) is 235 Å². The molecule has 0 radical (unpaired) electrons. The summed E-state index contributed by atoms with van der Waals surface area (Å²) in [5.41, 5.74) is 60.8. The number of aromatic nitrogens is 3. The fraction of sp³-hybridized carbons (Fsp3) is 0.511. The molecule has 0 saturated heterocycles. The van der Waals surface area contributed by atoms with Crippen LogP contribution >= 0.6 is 0 Å². The van der Waals surface area contributed by atoms with Crippen LogP contribution in [0.5, 0.6) is 0 Å². The summed E-state index contributed by atoms with van der Waals surface area (Å²) in [7, 11) is 0. The molecule has 50 heteroatoms. The van der Waals surface area contributed by atoms with Gasteiger partial charge in [-0.15, -0.1) is 0 Å². The minimum absolute atomic E-state index is 0.0187. The molecule has 0 fully saturated rings. The lowest BCUT2D eigenvalue weighted by Gasteiger charge is -2.28. The summed E-state index contributed by atoms with van der Waals surface area (Å²) in [4.78, 5) is 251. The van der Waals surface area contributed by atoms with Crippen LogP contribution in [0.15, 0.2) is 111 Å². The molecule has 3 aromatic heterocycles. The van der Waals surface area contributed by atoms with Gasteiger partial charge in [-0.1, -0.05) is 82.3 Å². The van der Waals surface area contributed by atoms with Crippen molar-refractivity contribution in [1.29, 1.82) is 0 Å². The van der Waals surface area contributed by atoms with Gasteiger partial charge in [0.1, 0.15) is 78.5 Å². The molecule has 3 heterocycles. The van der Waals surface area contributed by atoms with E-state index in [0.29, 0.717) is 44.9 Å². The first-order valence-corrected chi connectivity index (χ1v) is 46.0. The number of nitrogens with zero attached hydrogens (tertiary/aromatic N) is 4. The van der Waals surface area contributed by atoms with E-state index in [4.69, 9.17) is 57.3 Å². The van der Waals surface area contributed by atoms with Crippen molar-refractivity contribution in [3.05, 3.63) is 108 Å². The van der Waals surface area contributed by atoms with E-state index in [2.05, 4.69) is 109 Å². The number of guanidine groups is 4. The third-order valence-corrected chi connectivity index (χ3v) is 22.2. The van der Waals surface area contributed by atoms with E-state index < -0.39 is 199 Å². The number of hydrogen-bond acceptors (Lipinski definition) is 23. The molecule has 140 heavy (non-hydrogen) atoms. The van der Waals surface area contributed by atoms with Crippen LogP contribution in [-0.2, 0) is 96.0 Å². The number of aromatic amines is 3. The molecule has 0 bridgehead atoms. The van der Waals surface area contributed by atoms with E-state index in [-0.39, 0.29) is 165 Å².